The van der Waals surface area contributed by atoms with Crippen LogP contribution in [0.4, 0.5) is 20.4 Å². The molecule has 5 N–H and O–H groups in total. The van der Waals surface area contributed by atoms with Crippen LogP contribution < -0.4 is 25.8 Å². The first-order chi connectivity index (χ1) is 25.6. The number of rotatable bonds is 9. The molecule has 5 rings (SSSR count). The summed E-state index contributed by atoms with van der Waals surface area (Å²) in [6, 6.07) is 5.21. The number of hydrogen-bond acceptors (Lipinski definition) is 11. The predicted molar refractivity (Wildman–Crippen MR) is 194 cm³/mol. The maximum atomic E-state index is 15.0. The van der Waals surface area contributed by atoms with Gasteiger partial charge in [0.15, 0.2) is 5.82 Å². The normalized spacial score (nSPS) is 17.9. The number of halogens is 2. The molecular weight excluding hydrogens is 728 g/mol. The van der Waals surface area contributed by atoms with E-state index >= 15 is 4.39 Å². The zero-order valence-electron chi connectivity index (χ0n) is 30.1. The summed E-state index contributed by atoms with van der Waals surface area (Å²) >= 11 is 0. The number of aliphatic carboxylic acids is 1. The first kappa shape index (κ1) is 40.0. The molecule has 2 aliphatic heterocycles. The van der Waals surface area contributed by atoms with Crippen molar-refractivity contribution in [1.29, 1.82) is 0 Å². The summed E-state index contributed by atoms with van der Waals surface area (Å²) in [5.74, 6) is -4.83. The van der Waals surface area contributed by atoms with Crippen LogP contribution >= 0.6 is 0 Å². The van der Waals surface area contributed by atoms with Crippen LogP contribution in [0.5, 0.6) is 11.5 Å². The number of fused-ring (bicyclic) bond motifs is 6. The molecular formula is C36H43F2N7O8S. The van der Waals surface area contributed by atoms with Gasteiger partial charge in [-0.15, -0.1) is 0 Å². The van der Waals surface area contributed by atoms with Crippen LogP contribution in [-0.4, -0.2) is 92.0 Å². The van der Waals surface area contributed by atoms with Gasteiger partial charge in [-0.25, -0.2) is 23.0 Å². The molecule has 2 aromatic carbocycles. The number of carbonyl (C=O) groups excluding carboxylic acids is 3. The van der Waals surface area contributed by atoms with Crippen molar-refractivity contribution in [1.82, 2.24) is 20.2 Å². The second-order valence-electron chi connectivity index (χ2n) is 13.6. The molecule has 54 heavy (non-hydrogen) atoms. The lowest BCUT2D eigenvalue weighted by Gasteiger charge is -2.28. The zero-order valence-corrected chi connectivity index (χ0v) is 30.9. The summed E-state index contributed by atoms with van der Waals surface area (Å²) < 4.78 is 58.8. The molecule has 1 saturated heterocycles. The number of nitrogens with two attached hydrogens (primary N) is 1. The van der Waals surface area contributed by atoms with Crippen molar-refractivity contribution in [2.45, 2.75) is 69.8 Å². The summed E-state index contributed by atoms with van der Waals surface area (Å²) in [5.41, 5.74) is 6.77. The number of benzene rings is 2. The van der Waals surface area contributed by atoms with Crippen LogP contribution in [0.15, 0.2) is 47.0 Å². The number of hydrogen-bond donors (Lipinski definition) is 4. The van der Waals surface area contributed by atoms with Gasteiger partial charge >= 0.3 is 5.97 Å². The number of aromatic nitrogens is 2. The predicted octanol–water partition coefficient (Wildman–Crippen LogP) is 3.78. The van der Waals surface area contributed by atoms with Crippen molar-refractivity contribution >= 4 is 45.1 Å². The highest BCUT2D eigenvalue weighted by molar-refractivity contribution is 7.92. The van der Waals surface area contributed by atoms with E-state index in [1.54, 1.807) is 32.0 Å². The van der Waals surface area contributed by atoms with E-state index in [1.165, 1.54) is 23.3 Å². The molecule has 0 radical (unpaired) electrons. The molecule has 290 valence electrons. The third kappa shape index (κ3) is 10.2. The number of amides is 3. The highest BCUT2D eigenvalue weighted by atomic mass is 32.2. The molecule has 3 aromatic rings. The first-order valence-corrected chi connectivity index (χ1v) is 19.5. The summed E-state index contributed by atoms with van der Waals surface area (Å²) in [6.07, 6.45) is 3.55. The fraction of sp³-hybridized carbons (Fsp3) is 0.444. The number of ether oxygens (including phenoxy) is 2. The van der Waals surface area contributed by atoms with Crippen LogP contribution in [0.3, 0.4) is 0 Å². The Morgan fingerprint density at radius 2 is 1.85 bits per heavy atom. The third-order valence-electron chi connectivity index (χ3n) is 8.73. The summed E-state index contributed by atoms with van der Waals surface area (Å²) in [5, 5.41) is 14.7. The number of likely N-dealkylation sites (tertiary alicyclic amines) is 1. The largest absolute Gasteiger partial charge is 0.494 e. The van der Waals surface area contributed by atoms with Gasteiger partial charge in [-0.05, 0) is 61.4 Å². The molecule has 4 atom stereocenters. The maximum absolute atomic E-state index is 15.0. The van der Waals surface area contributed by atoms with Gasteiger partial charge in [0, 0.05) is 36.2 Å². The van der Waals surface area contributed by atoms with Crippen molar-refractivity contribution in [2.75, 3.05) is 31.3 Å². The molecule has 0 unspecified atom stereocenters. The van der Waals surface area contributed by atoms with Gasteiger partial charge in [0.2, 0.25) is 17.8 Å². The topological polar surface area (TPSA) is 215 Å². The van der Waals surface area contributed by atoms with E-state index in [-0.39, 0.29) is 54.9 Å². The van der Waals surface area contributed by atoms with Gasteiger partial charge in [0.05, 0.1) is 47.4 Å². The Hall–Kier alpha value is -5.23. The van der Waals surface area contributed by atoms with Crippen molar-refractivity contribution < 1.29 is 46.7 Å². The number of carboxylic acid groups (broad SMARTS) is 1. The van der Waals surface area contributed by atoms with E-state index < -0.39 is 75.5 Å². The minimum Gasteiger partial charge on any atom is -0.494 e. The van der Waals surface area contributed by atoms with E-state index in [2.05, 4.69) is 25.0 Å². The Labute approximate surface area is 311 Å². The quantitative estimate of drug-likeness (QED) is 0.245. The lowest BCUT2D eigenvalue weighted by molar-refractivity contribution is -0.144. The Morgan fingerprint density at radius 1 is 1.11 bits per heavy atom. The Kier molecular flexibility index (Phi) is 12.8. The minimum absolute atomic E-state index is 0.00124. The van der Waals surface area contributed by atoms with Crippen LogP contribution in [0.1, 0.15) is 51.5 Å². The van der Waals surface area contributed by atoms with Gasteiger partial charge in [0.1, 0.15) is 35.1 Å². The smallest absolute Gasteiger partial charge is 0.305 e. The van der Waals surface area contributed by atoms with Gasteiger partial charge in [0.25, 0.3) is 5.91 Å². The van der Waals surface area contributed by atoms with Crippen molar-refractivity contribution in [3.05, 3.63) is 59.8 Å². The number of anilines is 2. The summed E-state index contributed by atoms with van der Waals surface area (Å²) in [6.45, 7) is 4.04. The zero-order chi connectivity index (χ0) is 39.2. The molecule has 3 amide bonds. The average Bonchev–Trinajstić information content (AvgIpc) is 3.58. The van der Waals surface area contributed by atoms with Crippen LogP contribution in [0, 0.1) is 17.6 Å². The fourth-order valence-corrected chi connectivity index (χ4v) is 7.52. The lowest BCUT2D eigenvalue weighted by Crippen LogP contribution is -2.55. The molecule has 15 nitrogen and oxygen atoms in total. The standard InChI is InChI=1S/C36H43F2N7O8S/c1-20(2)31(42-33(48)28-7-6-10-45(28)35(50)27(39)17-30(46)47)34(49)44-54(3,51)19-21-13-23-16-24(14-21)52-11-4-5-12-53-29-15-22(37)8-9-25(29)32-26(38)18-40-36(41-23)43-32/h8-9,13-16,18,20,27-28,31H,4-7,10-12,17,19,39H2,1-3H3,(H,42,48)(H,46,47)(H,40,41,43)/t27-,28-,31-,54+/m0/s1. The van der Waals surface area contributed by atoms with Crippen molar-refractivity contribution in [3.8, 4) is 22.8 Å². The monoisotopic (exact) mass is 771 g/mol. The minimum atomic E-state index is -3.27. The van der Waals surface area contributed by atoms with E-state index in [1.807, 2.05) is 0 Å². The Morgan fingerprint density at radius 3 is 2.57 bits per heavy atom. The van der Waals surface area contributed by atoms with Gasteiger partial charge in [-0.1, -0.05) is 13.8 Å². The van der Waals surface area contributed by atoms with Gasteiger partial charge < -0.3 is 35.8 Å². The molecule has 0 spiro atoms. The molecule has 4 bridgehead atoms. The van der Waals surface area contributed by atoms with Crippen LogP contribution in [0.2, 0.25) is 0 Å². The Balaban J connectivity index is 1.37. The molecule has 1 fully saturated rings. The van der Waals surface area contributed by atoms with E-state index in [0.717, 1.165) is 12.3 Å². The fourth-order valence-electron chi connectivity index (χ4n) is 6.18. The molecule has 2 aliphatic rings. The van der Waals surface area contributed by atoms with E-state index in [9.17, 15) is 27.8 Å². The molecule has 0 saturated carbocycles. The SMILES string of the molecule is CC(C)[C@H](NC(=O)[C@@H]1CCCN1C(=O)[C@@H](N)CC(=O)O)C(=O)N=[S@](C)(=O)Cc1cc2cc(c1)OCCCCOc1cc(F)ccc1-c1nc(ncc1F)N2. The summed E-state index contributed by atoms with van der Waals surface area (Å²) in [7, 11) is -3.27. The maximum Gasteiger partial charge on any atom is 0.305 e. The van der Waals surface area contributed by atoms with E-state index in [4.69, 9.17) is 20.3 Å². The second kappa shape index (κ2) is 17.3. The van der Waals surface area contributed by atoms with Crippen molar-refractivity contribution in [2.24, 2.45) is 16.0 Å². The number of carbonyl (C=O) groups is 4. The number of nitrogens with one attached hydrogen (secondary N) is 2. The molecule has 1 aromatic heterocycles. The lowest BCUT2D eigenvalue weighted by atomic mass is 10.0. The van der Waals surface area contributed by atoms with Gasteiger partial charge in [-0.2, -0.15) is 4.36 Å². The highest BCUT2D eigenvalue weighted by Gasteiger charge is 2.38. The number of nitrogens with zero attached hydrogens (tertiary/aromatic N) is 4. The molecule has 18 heteroatoms. The van der Waals surface area contributed by atoms with Crippen molar-refractivity contribution in [3.63, 3.8) is 0 Å². The van der Waals surface area contributed by atoms with E-state index in [0.29, 0.717) is 36.3 Å². The summed E-state index contributed by atoms with van der Waals surface area (Å²) in [4.78, 5) is 60.4. The third-order valence-corrected chi connectivity index (χ3v) is 10.2. The number of carboxylic acids is 1. The van der Waals surface area contributed by atoms with Gasteiger partial charge in [-0.3, -0.25) is 19.2 Å². The second-order valence-corrected chi connectivity index (χ2v) is 16.0. The average molecular weight is 772 g/mol. The first-order valence-electron chi connectivity index (χ1n) is 17.4. The molecule has 0 aliphatic carbocycles. The molecule has 3 heterocycles. The Bertz CT molecular complexity index is 2040. The highest BCUT2D eigenvalue weighted by Crippen LogP contribution is 2.33. The van der Waals surface area contributed by atoms with Crippen LogP contribution in [-0.2, 0) is 34.7 Å². The van der Waals surface area contributed by atoms with Crippen LogP contribution in [0.25, 0.3) is 11.3 Å².